The molecule has 0 saturated carbocycles. The van der Waals surface area contributed by atoms with Crippen LogP contribution in [0, 0.1) is 30.0 Å². The molecule has 1 aliphatic rings. The summed E-state index contributed by atoms with van der Waals surface area (Å²) in [6.07, 6.45) is 2.09. The molecule has 0 radical (unpaired) electrons. The van der Waals surface area contributed by atoms with Gasteiger partial charge in [-0.1, -0.05) is 0 Å². The van der Waals surface area contributed by atoms with Crippen molar-refractivity contribution in [2.24, 2.45) is 5.92 Å². The van der Waals surface area contributed by atoms with E-state index in [1.54, 1.807) is 48.4 Å². The summed E-state index contributed by atoms with van der Waals surface area (Å²) in [5.74, 6) is -1.06. The van der Waals surface area contributed by atoms with Crippen LogP contribution in [0.2, 0.25) is 0 Å². The fraction of sp³-hybridized carbons (Fsp3) is 0.217. The summed E-state index contributed by atoms with van der Waals surface area (Å²) in [7, 11) is 0. The number of amides is 2. The summed E-state index contributed by atoms with van der Waals surface area (Å²) in [6.45, 7) is 2.40. The number of carbonyl (C=O) groups excluding carboxylic acids is 2. The fourth-order valence-corrected chi connectivity index (χ4v) is 3.68. The van der Waals surface area contributed by atoms with Crippen molar-refractivity contribution in [3.8, 4) is 17.3 Å². The maximum absolute atomic E-state index is 13.4. The third-order valence-electron chi connectivity index (χ3n) is 5.39. The molecule has 3 heterocycles. The Morgan fingerprint density at radius 3 is 2.90 bits per heavy atom. The zero-order chi connectivity index (χ0) is 22.0. The van der Waals surface area contributed by atoms with Gasteiger partial charge in [-0.2, -0.15) is 5.26 Å². The van der Waals surface area contributed by atoms with Crippen molar-refractivity contribution in [1.82, 2.24) is 14.9 Å². The van der Waals surface area contributed by atoms with E-state index in [-0.39, 0.29) is 29.2 Å². The summed E-state index contributed by atoms with van der Waals surface area (Å²) in [5, 5.41) is 12.0. The molecule has 8 heteroatoms. The van der Waals surface area contributed by atoms with Crippen LogP contribution in [0.5, 0.6) is 0 Å². The van der Waals surface area contributed by atoms with Crippen molar-refractivity contribution in [3.63, 3.8) is 0 Å². The predicted molar refractivity (Wildman–Crippen MR) is 113 cm³/mol. The lowest BCUT2D eigenvalue weighted by Crippen LogP contribution is -2.31. The molecule has 0 aliphatic carbocycles. The molecule has 1 aliphatic heterocycles. The van der Waals surface area contributed by atoms with Gasteiger partial charge in [-0.05, 0) is 61.4 Å². The minimum atomic E-state index is -0.341. The molecule has 4 rings (SSSR count). The highest BCUT2D eigenvalue weighted by Gasteiger charge is 2.32. The molecule has 3 aromatic rings. The fourth-order valence-electron chi connectivity index (χ4n) is 3.68. The number of aromatic amines is 1. The van der Waals surface area contributed by atoms with Gasteiger partial charge in [-0.15, -0.1) is 0 Å². The molecule has 7 nitrogen and oxygen atoms in total. The van der Waals surface area contributed by atoms with Crippen molar-refractivity contribution in [3.05, 3.63) is 71.4 Å². The van der Waals surface area contributed by atoms with Crippen molar-refractivity contribution < 1.29 is 14.0 Å². The second-order valence-electron chi connectivity index (χ2n) is 7.49. The quantitative estimate of drug-likeness (QED) is 0.678. The van der Waals surface area contributed by atoms with Crippen molar-refractivity contribution in [2.75, 3.05) is 18.4 Å². The van der Waals surface area contributed by atoms with E-state index < -0.39 is 0 Å². The summed E-state index contributed by atoms with van der Waals surface area (Å²) in [5.41, 5.74) is 2.91. The third kappa shape index (κ3) is 4.16. The first-order chi connectivity index (χ1) is 15.0. The Balaban J connectivity index is 1.42. The minimum Gasteiger partial charge on any atom is -0.350 e. The number of aromatic nitrogens is 2. The molecule has 0 unspecified atom stereocenters. The zero-order valence-electron chi connectivity index (χ0n) is 16.9. The molecule has 156 valence electrons. The number of hydrogen-bond acceptors (Lipinski definition) is 4. The van der Waals surface area contributed by atoms with Crippen LogP contribution in [-0.4, -0.2) is 39.8 Å². The van der Waals surface area contributed by atoms with Gasteiger partial charge in [-0.3, -0.25) is 9.59 Å². The van der Waals surface area contributed by atoms with Crippen LogP contribution in [0.1, 0.15) is 28.2 Å². The van der Waals surface area contributed by atoms with Crippen molar-refractivity contribution in [1.29, 1.82) is 5.26 Å². The average molecular weight is 417 g/mol. The Bertz CT molecular complexity index is 1200. The predicted octanol–water partition coefficient (Wildman–Crippen LogP) is 3.50. The van der Waals surface area contributed by atoms with Gasteiger partial charge in [0.05, 0.1) is 5.92 Å². The lowest BCUT2D eigenvalue weighted by atomic mass is 10.1. The first-order valence-corrected chi connectivity index (χ1v) is 9.87. The Hall–Kier alpha value is -3.99. The van der Waals surface area contributed by atoms with Crippen LogP contribution in [0.3, 0.4) is 0 Å². The lowest BCUT2D eigenvalue weighted by Gasteiger charge is -2.16. The molecule has 31 heavy (non-hydrogen) atoms. The smallest absolute Gasteiger partial charge is 0.270 e. The number of halogens is 1. The number of nitrogens with zero attached hydrogens (tertiary/aromatic N) is 3. The first kappa shape index (κ1) is 20.3. The number of H-pyrrole nitrogens is 1. The van der Waals surface area contributed by atoms with Gasteiger partial charge in [-0.25, -0.2) is 9.37 Å². The first-order valence-electron chi connectivity index (χ1n) is 9.87. The van der Waals surface area contributed by atoms with Gasteiger partial charge in [0, 0.05) is 36.2 Å². The highest BCUT2D eigenvalue weighted by molar-refractivity contribution is 5.96. The molecule has 2 aromatic heterocycles. The molecule has 1 aromatic carbocycles. The number of benzene rings is 1. The number of nitrogens with one attached hydrogen (secondary N) is 2. The molecular weight excluding hydrogens is 397 g/mol. The number of nitriles is 1. The Kier molecular flexibility index (Phi) is 5.50. The SMILES string of the molecule is Cc1cc(NC(=O)[C@H]2CCN(C(=O)c3ccc(-c4cccnc4C#N)[nH]3)C2)ccc1F. The number of pyridine rings is 1. The van der Waals surface area contributed by atoms with E-state index >= 15 is 0 Å². The van der Waals surface area contributed by atoms with Gasteiger partial charge >= 0.3 is 0 Å². The molecular formula is C23H20FN5O2. The van der Waals surface area contributed by atoms with Crippen LogP contribution in [-0.2, 0) is 4.79 Å². The summed E-state index contributed by atoms with van der Waals surface area (Å²) in [6, 6.07) is 13.4. The van der Waals surface area contributed by atoms with Gasteiger partial charge in [0.2, 0.25) is 5.91 Å². The summed E-state index contributed by atoms with van der Waals surface area (Å²) in [4.78, 5) is 34.2. The van der Waals surface area contributed by atoms with Crippen LogP contribution in [0.4, 0.5) is 10.1 Å². The van der Waals surface area contributed by atoms with E-state index in [4.69, 9.17) is 0 Å². The maximum atomic E-state index is 13.4. The van der Waals surface area contributed by atoms with Crippen LogP contribution in [0.15, 0.2) is 48.7 Å². The highest BCUT2D eigenvalue weighted by Crippen LogP contribution is 2.24. The number of hydrogen-bond donors (Lipinski definition) is 2. The van der Waals surface area contributed by atoms with E-state index in [0.29, 0.717) is 47.7 Å². The summed E-state index contributed by atoms with van der Waals surface area (Å²) >= 11 is 0. The van der Waals surface area contributed by atoms with Crippen molar-refractivity contribution >= 4 is 17.5 Å². The van der Waals surface area contributed by atoms with Gasteiger partial charge in [0.25, 0.3) is 5.91 Å². The number of anilines is 1. The number of likely N-dealkylation sites (tertiary alicyclic amines) is 1. The van der Waals surface area contributed by atoms with E-state index in [1.165, 1.54) is 12.1 Å². The lowest BCUT2D eigenvalue weighted by molar-refractivity contribution is -0.119. The van der Waals surface area contributed by atoms with E-state index in [1.807, 2.05) is 6.07 Å². The van der Waals surface area contributed by atoms with Crippen molar-refractivity contribution in [2.45, 2.75) is 13.3 Å². The second-order valence-corrected chi connectivity index (χ2v) is 7.49. The Labute approximate surface area is 178 Å². The van der Waals surface area contributed by atoms with Crippen LogP contribution >= 0.6 is 0 Å². The number of rotatable bonds is 4. The Morgan fingerprint density at radius 2 is 2.13 bits per heavy atom. The largest absolute Gasteiger partial charge is 0.350 e. The molecule has 0 bridgehead atoms. The zero-order valence-corrected chi connectivity index (χ0v) is 16.9. The maximum Gasteiger partial charge on any atom is 0.270 e. The van der Waals surface area contributed by atoms with Gasteiger partial charge in [0.15, 0.2) is 0 Å². The molecule has 1 saturated heterocycles. The molecule has 1 fully saturated rings. The monoisotopic (exact) mass is 417 g/mol. The van der Waals surface area contributed by atoms with E-state index in [0.717, 1.165) is 0 Å². The molecule has 2 amide bonds. The molecule has 0 spiro atoms. The minimum absolute atomic E-state index is 0.192. The van der Waals surface area contributed by atoms with Crippen LogP contribution < -0.4 is 5.32 Å². The van der Waals surface area contributed by atoms with Gasteiger partial charge in [0.1, 0.15) is 23.3 Å². The normalized spacial score (nSPS) is 15.5. The highest BCUT2D eigenvalue weighted by atomic mass is 19.1. The van der Waals surface area contributed by atoms with Crippen LogP contribution in [0.25, 0.3) is 11.3 Å². The average Bonchev–Trinajstić information content (AvgIpc) is 3.46. The number of carbonyl (C=O) groups is 2. The third-order valence-corrected chi connectivity index (χ3v) is 5.39. The summed E-state index contributed by atoms with van der Waals surface area (Å²) < 4.78 is 13.4. The van der Waals surface area contributed by atoms with E-state index in [9.17, 15) is 19.2 Å². The standard InChI is InChI=1S/C23H20FN5O2/c1-14-11-16(4-5-18(14)24)27-22(30)15-8-10-29(13-15)23(31)20-7-6-19(28-20)17-3-2-9-26-21(17)12-25/h2-7,9,11,15,28H,8,10,13H2,1H3,(H,27,30)/t15-/m0/s1. The Morgan fingerprint density at radius 1 is 1.29 bits per heavy atom. The molecule has 1 atom stereocenters. The molecule has 2 N–H and O–H groups in total. The number of aryl methyl sites for hydroxylation is 1. The van der Waals surface area contributed by atoms with E-state index in [2.05, 4.69) is 15.3 Å². The second kappa shape index (κ2) is 8.40. The topological polar surface area (TPSA) is 102 Å². The van der Waals surface area contributed by atoms with Gasteiger partial charge < -0.3 is 15.2 Å².